The molecule has 0 unspecified atom stereocenters. The predicted octanol–water partition coefficient (Wildman–Crippen LogP) is 3.24. The van der Waals surface area contributed by atoms with E-state index in [-0.39, 0.29) is 0 Å². The molecule has 0 aliphatic carbocycles. The van der Waals surface area contributed by atoms with Crippen molar-refractivity contribution in [3.05, 3.63) is 36.2 Å². The van der Waals surface area contributed by atoms with E-state index in [1.54, 1.807) is 25.2 Å². The monoisotopic (exact) mass is 275 g/mol. The van der Waals surface area contributed by atoms with E-state index in [1.807, 2.05) is 31.3 Å². The summed E-state index contributed by atoms with van der Waals surface area (Å²) in [7, 11) is 3.55. The maximum absolute atomic E-state index is 5.16. The quantitative estimate of drug-likeness (QED) is 0.849. The zero-order valence-electron chi connectivity index (χ0n) is 11.3. The normalized spacial score (nSPS) is 10.3. The summed E-state index contributed by atoms with van der Waals surface area (Å²) in [6.07, 6.45) is 2.49. The minimum absolute atomic E-state index is 0.860. The maximum atomic E-state index is 5.16. The molecular weight excluding hydrogens is 258 g/mol. The minimum atomic E-state index is 0.860. The van der Waals surface area contributed by atoms with Gasteiger partial charge in [0.25, 0.3) is 0 Å². The summed E-state index contributed by atoms with van der Waals surface area (Å²) in [6, 6.07) is 7.97. The molecule has 0 bridgehead atoms. The fourth-order valence-electron chi connectivity index (χ4n) is 1.77. The molecule has 2 rings (SSSR count). The first-order valence-electron chi connectivity index (χ1n) is 6.12. The van der Waals surface area contributed by atoms with Crippen molar-refractivity contribution >= 4 is 17.6 Å². The zero-order chi connectivity index (χ0) is 13.7. The molecule has 0 saturated carbocycles. The van der Waals surface area contributed by atoms with Gasteiger partial charge in [-0.1, -0.05) is 18.7 Å². The average molecular weight is 275 g/mol. The van der Waals surface area contributed by atoms with Crippen LogP contribution in [0.5, 0.6) is 5.75 Å². The molecule has 0 aliphatic rings. The number of anilines is 1. The molecular formula is C14H17N3OS. The van der Waals surface area contributed by atoms with Crippen molar-refractivity contribution in [1.29, 1.82) is 0 Å². The summed E-state index contributed by atoms with van der Waals surface area (Å²) in [6.45, 7) is 2.11. The lowest BCUT2D eigenvalue weighted by Gasteiger charge is -2.10. The van der Waals surface area contributed by atoms with Gasteiger partial charge in [0, 0.05) is 17.5 Å². The van der Waals surface area contributed by atoms with Gasteiger partial charge in [0.15, 0.2) is 0 Å². The van der Waals surface area contributed by atoms with Gasteiger partial charge in [-0.25, -0.2) is 9.97 Å². The summed E-state index contributed by atoms with van der Waals surface area (Å²) in [4.78, 5) is 9.75. The molecule has 0 atom stereocenters. The molecule has 0 amide bonds. The van der Waals surface area contributed by atoms with Crippen LogP contribution < -0.4 is 10.1 Å². The molecule has 0 saturated heterocycles. The Bertz CT molecular complexity index is 543. The second-order valence-corrected chi connectivity index (χ2v) is 4.95. The Morgan fingerprint density at radius 1 is 1.21 bits per heavy atom. The molecule has 0 radical (unpaired) electrons. The highest BCUT2D eigenvalue weighted by molar-refractivity contribution is 7.99. The van der Waals surface area contributed by atoms with Crippen LogP contribution in [0.4, 0.5) is 5.82 Å². The van der Waals surface area contributed by atoms with Gasteiger partial charge in [0.2, 0.25) is 0 Å². The Hall–Kier alpha value is -1.75. The van der Waals surface area contributed by atoms with Gasteiger partial charge in [0.05, 0.1) is 7.11 Å². The van der Waals surface area contributed by atoms with E-state index >= 15 is 0 Å². The number of rotatable bonds is 5. The van der Waals surface area contributed by atoms with E-state index in [0.29, 0.717) is 0 Å². The number of nitrogens with zero attached hydrogens (tertiary/aromatic N) is 2. The largest absolute Gasteiger partial charge is 0.497 e. The highest BCUT2D eigenvalue weighted by Crippen LogP contribution is 2.32. The number of methoxy groups -OCH3 is 1. The average Bonchev–Trinajstić information content (AvgIpc) is 2.47. The molecule has 5 heteroatoms. The van der Waals surface area contributed by atoms with Crippen molar-refractivity contribution in [2.45, 2.75) is 23.3 Å². The summed E-state index contributed by atoms with van der Waals surface area (Å²) < 4.78 is 5.16. The third kappa shape index (κ3) is 3.17. The van der Waals surface area contributed by atoms with Crippen LogP contribution in [-0.4, -0.2) is 24.1 Å². The van der Waals surface area contributed by atoms with Crippen LogP contribution in [0.2, 0.25) is 0 Å². The molecule has 1 aromatic carbocycles. The van der Waals surface area contributed by atoms with Crippen LogP contribution in [0.1, 0.15) is 12.5 Å². The third-order valence-corrected chi connectivity index (χ3v) is 3.82. The number of benzene rings is 1. The number of nitrogens with one attached hydrogen (secondary N) is 1. The van der Waals surface area contributed by atoms with Gasteiger partial charge >= 0.3 is 0 Å². The molecule has 0 fully saturated rings. The first-order valence-corrected chi connectivity index (χ1v) is 6.93. The van der Waals surface area contributed by atoms with Crippen LogP contribution in [0.25, 0.3) is 0 Å². The van der Waals surface area contributed by atoms with Crippen molar-refractivity contribution in [2.24, 2.45) is 0 Å². The van der Waals surface area contributed by atoms with Crippen molar-refractivity contribution in [1.82, 2.24) is 9.97 Å². The van der Waals surface area contributed by atoms with Crippen LogP contribution in [-0.2, 0) is 6.42 Å². The molecule has 0 spiro atoms. The summed E-state index contributed by atoms with van der Waals surface area (Å²) in [5.74, 6) is 1.76. The highest BCUT2D eigenvalue weighted by atomic mass is 32.2. The van der Waals surface area contributed by atoms with Crippen molar-refractivity contribution in [2.75, 3.05) is 19.5 Å². The second-order valence-electron chi connectivity index (χ2n) is 3.89. The smallest absolute Gasteiger partial charge is 0.133 e. The van der Waals surface area contributed by atoms with Crippen LogP contribution in [0, 0.1) is 0 Å². The summed E-state index contributed by atoms with van der Waals surface area (Å²) in [5.41, 5.74) is 1.14. The minimum Gasteiger partial charge on any atom is -0.497 e. The molecule has 1 aromatic heterocycles. The number of hydrogen-bond donors (Lipinski definition) is 1. The van der Waals surface area contributed by atoms with Gasteiger partial charge in [-0.2, -0.15) is 0 Å². The first-order chi connectivity index (χ1) is 9.28. The lowest BCUT2D eigenvalue weighted by molar-refractivity contribution is 0.414. The number of aromatic nitrogens is 2. The molecule has 1 heterocycles. The SMILES string of the molecule is CCc1c(NC)ncnc1Sc1ccc(OC)cc1. The number of hydrogen-bond acceptors (Lipinski definition) is 5. The lowest BCUT2D eigenvalue weighted by atomic mass is 10.2. The Morgan fingerprint density at radius 3 is 2.53 bits per heavy atom. The van der Waals surface area contributed by atoms with Crippen LogP contribution in [0.3, 0.4) is 0 Å². The van der Waals surface area contributed by atoms with Crippen LogP contribution in [0.15, 0.2) is 40.5 Å². The van der Waals surface area contributed by atoms with Crippen molar-refractivity contribution in [3.8, 4) is 5.75 Å². The van der Waals surface area contributed by atoms with Gasteiger partial charge in [-0.3, -0.25) is 0 Å². The Kier molecular flexibility index (Phi) is 4.63. The Labute approximate surface area is 117 Å². The fourth-order valence-corrected chi connectivity index (χ4v) is 2.73. The molecule has 4 nitrogen and oxygen atoms in total. The highest BCUT2D eigenvalue weighted by Gasteiger charge is 2.10. The topological polar surface area (TPSA) is 47.0 Å². The first kappa shape index (κ1) is 13.7. The maximum Gasteiger partial charge on any atom is 0.133 e. The summed E-state index contributed by atoms with van der Waals surface area (Å²) >= 11 is 1.64. The van der Waals surface area contributed by atoms with Gasteiger partial charge in [-0.15, -0.1) is 0 Å². The summed E-state index contributed by atoms with van der Waals surface area (Å²) in [5, 5.41) is 4.10. The Balaban J connectivity index is 2.26. The predicted molar refractivity (Wildman–Crippen MR) is 78.1 cm³/mol. The third-order valence-electron chi connectivity index (χ3n) is 2.77. The van der Waals surface area contributed by atoms with Crippen molar-refractivity contribution < 1.29 is 4.74 Å². The van der Waals surface area contributed by atoms with Gasteiger partial charge < -0.3 is 10.1 Å². The van der Waals surface area contributed by atoms with E-state index < -0.39 is 0 Å². The van der Waals surface area contributed by atoms with E-state index in [2.05, 4.69) is 22.2 Å². The fraction of sp³-hybridized carbons (Fsp3) is 0.286. The lowest BCUT2D eigenvalue weighted by Crippen LogP contribution is -2.01. The molecule has 0 aliphatic heterocycles. The molecule has 1 N–H and O–H groups in total. The Morgan fingerprint density at radius 2 is 1.95 bits per heavy atom. The molecule has 19 heavy (non-hydrogen) atoms. The number of ether oxygens (including phenoxy) is 1. The second kappa shape index (κ2) is 6.43. The van der Waals surface area contributed by atoms with E-state index in [1.165, 1.54) is 0 Å². The van der Waals surface area contributed by atoms with E-state index in [4.69, 9.17) is 4.74 Å². The molecule has 2 aromatic rings. The standard InChI is InChI=1S/C14H17N3OS/c1-4-12-13(15-2)16-9-17-14(12)19-11-7-5-10(18-3)6-8-11/h5-9H,4H2,1-3H3,(H,15,16,17). The van der Waals surface area contributed by atoms with E-state index in [0.717, 1.165) is 33.5 Å². The molecule has 100 valence electrons. The van der Waals surface area contributed by atoms with Gasteiger partial charge in [-0.05, 0) is 30.7 Å². The van der Waals surface area contributed by atoms with Crippen molar-refractivity contribution in [3.63, 3.8) is 0 Å². The van der Waals surface area contributed by atoms with Crippen LogP contribution >= 0.6 is 11.8 Å². The van der Waals surface area contributed by atoms with Gasteiger partial charge in [0.1, 0.15) is 22.9 Å². The van der Waals surface area contributed by atoms with E-state index in [9.17, 15) is 0 Å². The zero-order valence-corrected chi connectivity index (χ0v) is 12.1.